The van der Waals surface area contributed by atoms with Crippen LogP contribution in [0.4, 0.5) is 0 Å². The lowest BCUT2D eigenvalue weighted by Gasteiger charge is -2.07. The van der Waals surface area contributed by atoms with Crippen molar-refractivity contribution in [1.29, 1.82) is 0 Å². The van der Waals surface area contributed by atoms with Crippen LogP contribution >= 0.6 is 8.38 Å². The zero-order valence-electron chi connectivity index (χ0n) is 4.97. The number of rotatable bonds is 2. The van der Waals surface area contributed by atoms with Crippen molar-refractivity contribution in [3.05, 3.63) is 18.2 Å². The fourth-order valence-electron chi connectivity index (χ4n) is 0.532. The molecule has 1 heterocycles. The van der Waals surface area contributed by atoms with Gasteiger partial charge in [0.2, 0.25) is 8.38 Å². The molecule has 56 valence electrons. The summed E-state index contributed by atoms with van der Waals surface area (Å²) in [6.45, 7) is 0. The molecule has 0 aliphatic carbocycles. The molecule has 0 aliphatic rings. The van der Waals surface area contributed by atoms with Crippen LogP contribution in [0.5, 0.6) is 0 Å². The third-order valence-electron chi connectivity index (χ3n) is 1.02. The molecule has 0 spiro atoms. The lowest BCUT2D eigenvalue weighted by atomic mass is 10.5. The Labute approximate surface area is 58.3 Å². The standard InChI is InChI=1S/C4H7N2O3P/c7-4(10(8)9)3-1-5-2-6-3/h1-2,4,7-9H,(H,5,6). The highest BCUT2D eigenvalue weighted by Gasteiger charge is 2.16. The highest BCUT2D eigenvalue weighted by molar-refractivity contribution is 7.45. The van der Waals surface area contributed by atoms with Crippen molar-refractivity contribution >= 4 is 8.38 Å². The van der Waals surface area contributed by atoms with E-state index in [1.54, 1.807) is 0 Å². The highest BCUT2D eigenvalue weighted by Crippen LogP contribution is 2.39. The number of nitrogens with zero attached hydrogens (tertiary/aromatic N) is 1. The van der Waals surface area contributed by atoms with Gasteiger partial charge in [-0.3, -0.25) is 0 Å². The SMILES string of the molecule is OC(c1cnc[nH]1)P(O)O. The van der Waals surface area contributed by atoms with Crippen molar-refractivity contribution < 1.29 is 14.9 Å². The molecule has 1 atom stereocenters. The van der Waals surface area contributed by atoms with Crippen LogP contribution in [0.25, 0.3) is 0 Å². The lowest BCUT2D eigenvalue weighted by Crippen LogP contribution is -1.94. The Kier molecular flexibility index (Phi) is 2.34. The van der Waals surface area contributed by atoms with E-state index in [1.807, 2.05) is 0 Å². The Morgan fingerprint density at radius 3 is 2.70 bits per heavy atom. The van der Waals surface area contributed by atoms with Crippen LogP contribution in [0.1, 0.15) is 11.5 Å². The molecule has 0 fully saturated rings. The first kappa shape index (κ1) is 7.63. The van der Waals surface area contributed by atoms with Crippen LogP contribution in [-0.4, -0.2) is 24.9 Å². The number of nitrogens with one attached hydrogen (secondary N) is 1. The topological polar surface area (TPSA) is 89.4 Å². The predicted molar refractivity (Wildman–Crippen MR) is 34.9 cm³/mol. The van der Waals surface area contributed by atoms with Gasteiger partial charge in [-0.2, -0.15) is 0 Å². The van der Waals surface area contributed by atoms with Crippen LogP contribution < -0.4 is 0 Å². The summed E-state index contributed by atoms with van der Waals surface area (Å²) in [5.74, 6) is -1.24. The van der Waals surface area contributed by atoms with E-state index in [-0.39, 0.29) is 0 Å². The molecule has 1 rings (SSSR count). The maximum absolute atomic E-state index is 8.94. The molecule has 0 saturated carbocycles. The third-order valence-corrected chi connectivity index (χ3v) is 1.73. The summed E-state index contributed by atoms with van der Waals surface area (Å²) in [7, 11) is -2.33. The number of H-pyrrole nitrogens is 1. The number of imidazole rings is 1. The van der Waals surface area contributed by atoms with E-state index in [0.717, 1.165) is 0 Å². The maximum atomic E-state index is 8.94. The van der Waals surface area contributed by atoms with Crippen molar-refractivity contribution in [3.63, 3.8) is 0 Å². The average molecular weight is 162 g/mol. The minimum absolute atomic E-state index is 0.316. The van der Waals surface area contributed by atoms with Crippen LogP contribution in [0.15, 0.2) is 12.5 Å². The molecule has 0 aliphatic heterocycles. The van der Waals surface area contributed by atoms with Crippen molar-refractivity contribution in [2.24, 2.45) is 0 Å². The molecule has 0 amide bonds. The minimum atomic E-state index is -2.33. The minimum Gasteiger partial charge on any atom is -0.377 e. The first-order valence-electron chi connectivity index (χ1n) is 2.55. The second kappa shape index (κ2) is 3.07. The summed E-state index contributed by atoms with van der Waals surface area (Å²) in [6.07, 6.45) is 2.70. The van der Waals surface area contributed by atoms with Gasteiger partial charge in [0.1, 0.15) is 0 Å². The molecule has 4 N–H and O–H groups in total. The van der Waals surface area contributed by atoms with Crippen LogP contribution in [-0.2, 0) is 0 Å². The molecule has 0 aromatic carbocycles. The smallest absolute Gasteiger partial charge is 0.202 e. The van der Waals surface area contributed by atoms with Crippen molar-refractivity contribution in [1.82, 2.24) is 9.97 Å². The zero-order valence-corrected chi connectivity index (χ0v) is 5.86. The van der Waals surface area contributed by atoms with E-state index in [0.29, 0.717) is 5.69 Å². The summed E-state index contributed by atoms with van der Waals surface area (Å²) in [5.41, 5.74) is 0.316. The third kappa shape index (κ3) is 1.52. The number of hydrogen-bond donors (Lipinski definition) is 4. The summed E-state index contributed by atoms with van der Waals surface area (Å²) in [6, 6.07) is 0. The summed E-state index contributed by atoms with van der Waals surface area (Å²) in [5, 5.41) is 8.94. The summed E-state index contributed by atoms with van der Waals surface area (Å²) < 4.78 is 0. The predicted octanol–water partition coefficient (Wildman–Crippen LogP) is -0.303. The average Bonchev–Trinajstić information content (AvgIpc) is 2.36. The Bertz CT molecular complexity index is 188. The monoisotopic (exact) mass is 162 g/mol. The molecule has 10 heavy (non-hydrogen) atoms. The van der Waals surface area contributed by atoms with Crippen molar-refractivity contribution in [2.75, 3.05) is 0 Å². The fourth-order valence-corrected chi connectivity index (χ4v) is 0.922. The van der Waals surface area contributed by atoms with Gasteiger partial charge in [0.25, 0.3) is 0 Å². The molecule has 6 heteroatoms. The number of aromatic amines is 1. The number of aromatic nitrogens is 2. The van der Waals surface area contributed by atoms with E-state index < -0.39 is 14.2 Å². The Morgan fingerprint density at radius 2 is 2.30 bits per heavy atom. The van der Waals surface area contributed by atoms with Gasteiger partial charge in [0.05, 0.1) is 18.2 Å². The van der Waals surface area contributed by atoms with Crippen LogP contribution in [0, 0.1) is 0 Å². The van der Waals surface area contributed by atoms with Gasteiger partial charge in [-0.1, -0.05) is 0 Å². The van der Waals surface area contributed by atoms with Gasteiger partial charge in [-0.05, 0) is 0 Å². The maximum Gasteiger partial charge on any atom is 0.202 e. The summed E-state index contributed by atoms with van der Waals surface area (Å²) in [4.78, 5) is 23.2. The quantitative estimate of drug-likeness (QED) is 0.449. The highest BCUT2D eigenvalue weighted by atomic mass is 31.2. The van der Waals surface area contributed by atoms with Gasteiger partial charge >= 0.3 is 0 Å². The molecule has 0 saturated heterocycles. The molecular formula is C4H7N2O3P. The normalized spacial score (nSPS) is 14.0. The van der Waals surface area contributed by atoms with Gasteiger partial charge in [0.15, 0.2) is 5.85 Å². The van der Waals surface area contributed by atoms with E-state index in [9.17, 15) is 0 Å². The summed E-state index contributed by atoms with van der Waals surface area (Å²) >= 11 is 0. The van der Waals surface area contributed by atoms with Crippen molar-refractivity contribution in [2.45, 2.75) is 5.85 Å². The Hall–Kier alpha value is -0.480. The molecule has 0 radical (unpaired) electrons. The van der Waals surface area contributed by atoms with Gasteiger partial charge in [-0.25, -0.2) is 4.98 Å². The number of hydrogen-bond acceptors (Lipinski definition) is 4. The Balaban J connectivity index is 2.68. The number of aliphatic hydroxyl groups is 1. The second-order valence-electron chi connectivity index (χ2n) is 1.70. The first-order chi connectivity index (χ1) is 4.72. The molecule has 1 unspecified atom stereocenters. The molecule has 1 aromatic rings. The van der Waals surface area contributed by atoms with Crippen molar-refractivity contribution in [3.8, 4) is 0 Å². The fraction of sp³-hybridized carbons (Fsp3) is 0.250. The van der Waals surface area contributed by atoms with Crippen LogP contribution in [0.3, 0.4) is 0 Å². The zero-order chi connectivity index (χ0) is 7.56. The van der Waals surface area contributed by atoms with E-state index >= 15 is 0 Å². The largest absolute Gasteiger partial charge is 0.377 e. The van der Waals surface area contributed by atoms with Gasteiger partial charge < -0.3 is 19.9 Å². The van der Waals surface area contributed by atoms with Gasteiger partial charge in [0, 0.05) is 0 Å². The number of aliphatic hydroxyl groups excluding tert-OH is 1. The van der Waals surface area contributed by atoms with E-state index in [2.05, 4.69) is 9.97 Å². The molecule has 0 bridgehead atoms. The lowest BCUT2D eigenvalue weighted by molar-refractivity contribution is 0.229. The Morgan fingerprint density at radius 1 is 1.60 bits per heavy atom. The second-order valence-corrected chi connectivity index (χ2v) is 2.83. The van der Waals surface area contributed by atoms with Crippen LogP contribution in [0.2, 0.25) is 0 Å². The molecular weight excluding hydrogens is 155 g/mol. The molecule has 1 aromatic heterocycles. The van der Waals surface area contributed by atoms with E-state index in [1.165, 1.54) is 12.5 Å². The first-order valence-corrected chi connectivity index (χ1v) is 3.87. The van der Waals surface area contributed by atoms with Gasteiger partial charge in [-0.15, -0.1) is 0 Å². The van der Waals surface area contributed by atoms with E-state index in [4.69, 9.17) is 14.9 Å². The molecule has 5 nitrogen and oxygen atoms in total.